The van der Waals surface area contributed by atoms with Crippen molar-refractivity contribution in [3.05, 3.63) is 6.07 Å². The van der Waals surface area contributed by atoms with Crippen LogP contribution in [0.5, 0.6) is 5.88 Å². The van der Waals surface area contributed by atoms with Gasteiger partial charge in [0.15, 0.2) is 0 Å². The summed E-state index contributed by atoms with van der Waals surface area (Å²) in [6.45, 7) is 2.77. The second-order valence-corrected chi connectivity index (χ2v) is 2.18. The highest BCUT2D eigenvalue weighted by Crippen LogP contribution is 2.13. The molecule has 0 saturated carbocycles. The van der Waals surface area contributed by atoms with E-state index < -0.39 is 0 Å². The molecule has 0 aliphatic rings. The van der Waals surface area contributed by atoms with Crippen molar-refractivity contribution in [3.8, 4) is 5.88 Å². The Morgan fingerprint density at radius 2 is 2.33 bits per heavy atom. The molecular formula is C7H12N4O. The van der Waals surface area contributed by atoms with E-state index in [0.717, 1.165) is 6.54 Å². The lowest BCUT2D eigenvalue weighted by molar-refractivity contribution is 0.398. The lowest BCUT2D eigenvalue weighted by atomic mass is 10.5. The number of hydrogen-bond donors (Lipinski definition) is 2. The number of rotatable bonds is 3. The van der Waals surface area contributed by atoms with Crippen LogP contribution in [0, 0.1) is 0 Å². The normalized spacial score (nSPS) is 9.50. The van der Waals surface area contributed by atoms with E-state index in [1.165, 1.54) is 7.11 Å². The fraction of sp³-hybridized carbons (Fsp3) is 0.429. The molecule has 0 radical (unpaired) electrons. The van der Waals surface area contributed by atoms with Gasteiger partial charge in [-0.1, -0.05) is 0 Å². The van der Waals surface area contributed by atoms with Crippen LogP contribution in [0.4, 0.5) is 11.8 Å². The van der Waals surface area contributed by atoms with E-state index in [1.807, 2.05) is 6.92 Å². The highest BCUT2D eigenvalue weighted by atomic mass is 16.5. The Hall–Kier alpha value is -1.52. The van der Waals surface area contributed by atoms with Gasteiger partial charge in [0.05, 0.1) is 7.11 Å². The minimum atomic E-state index is 0.213. The minimum Gasteiger partial charge on any atom is -0.481 e. The lowest BCUT2D eigenvalue weighted by Crippen LogP contribution is -2.04. The molecule has 66 valence electrons. The minimum absolute atomic E-state index is 0.213. The first kappa shape index (κ1) is 8.58. The van der Waals surface area contributed by atoms with Crippen LogP contribution in [0.2, 0.25) is 0 Å². The van der Waals surface area contributed by atoms with Crippen LogP contribution in [0.15, 0.2) is 6.07 Å². The number of anilines is 2. The molecule has 1 rings (SSSR count). The van der Waals surface area contributed by atoms with Gasteiger partial charge < -0.3 is 15.8 Å². The summed E-state index contributed by atoms with van der Waals surface area (Å²) < 4.78 is 4.91. The summed E-state index contributed by atoms with van der Waals surface area (Å²) in [7, 11) is 1.54. The fourth-order valence-electron chi connectivity index (χ4n) is 0.819. The first-order valence-electron chi connectivity index (χ1n) is 3.68. The van der Waals surface area contributed by atoms with Crippen LogP contribution in [-0.2, 0) is 0 Å². The maximum atomic E-state index is 5.42. The summed E-state index contributed by atoms with van der Waals surface area (Å²) in [5, 5.41) is 3.01. The van der Waals surface area contributed by atoms with Crippen molar-refractivity contribution in [1.82, 2.24) is 9.97 Å². The van der Waals surface area contributed by atoms with Gasteiger partial charge in [-0.3, -0.25) is 0 Å². The smallest absolute Gasteiger partial charge is 0.225 e. The number of nitrogens with two attached hydrogens (primary N) is 1. The third-order valence-corrected chi connectivity index (χ3v) is 1.29. The molecule has 3 N–H and O–H groups in total. The Morgan fingerprint density at radius 3 is 2.92 bits per heavy atom. The van der Waals surface area contributed by atoms with Crippen LogP contribution in [0.3, 0.4) is 0 Å². The zero-order valence-corrected chi connectivity index (χ0v) is 7.16. The zero-order valence-electron chi connectivity index (χ0n) is 7.16. The zero-order chi connectivity index (χ0) is 8.97. The summed E-state index contributed by atoms with van der Waals surface area (Å²) in [4.78, 5) is 7.79. The Bertz CT molecular complexity index is 264. The van der Waals surface area contributed by atoms with Crippen molar-refractivity contribution in [2.75, 3.05) is 24.7 Å². The number of hydrogen-bond acceptors (Lipinski definition) is 5. The topological polar surface area (TPSA) is 73.1 Å². The molecule has 1 aromatic heterocycles. The average molecular weight is 168 g/mol. The predicted molar refractivity (Wildman–Crippen MR) is 47.2 cm³/mol. The van der Waals surface area contributed by atoms with Crippen molar-refractivity contribution in [2.45, 2.75) is 6.92 Å². The molecule has 0 aromatic carbocycles. The molecule has 0 amide bonds. The molecule has 0 aliphatic heterocycles. The van der Waals surface area contributed by atoms with Gasteiger partial charge in [-0.05, 0) is 6.92 Å². The van der Waals surface area contributed by atoms with E-state index in [0.29, 0.717) is 11.7 Å². The summed E-state index contributed by atoms with van der Waals surface area (Å²) in [5.41, 5.74) is 5.42. The van der Waals surface area contributed by atoms with E-state index in [2.05, 4.69) is 15.3 Å². The number of nitrogens with zero attached hydrogens (tertiary/aromatic N) is 2. The molecule has 0 aliphatic carbocycles. The summed E-state index contributed by atoms with van der Waals surface area (Å²) in [6, 6.07) is 1.69. The molecule has 1 aromatic rings. The predicted octanol–water partition coefficient (Wildman–Crippen LogP) is 0.499. The number of nitrogens with one attached hydrogen (secondary N) is 1. The summed E-state index contributed by atoms with van der Waals surface area (Å²) >= 11 is 0. The van der Waals surface area contributed by atoms with Gasteiger partial charge in [-0.25, -0.2) is 0 Å². The van der Waals surface area contributed by atoms with Crippen LogP contribution in [0.1, 0.15) is 6.92 Å². The Kier molecular flexibility index (Phi) is 2.68. The SMILES string of the molecule is CCNc1cc(OC)nc(N)n1. The van der Waals surface area contributed by atoms with E-state index in [9.17, 15) is 0 Å². The first-order valence-corrected chi connectivity index (χ1v) is 3.68. The van der Waals surface area contributed by atoms with Gasteiger partial charge >= 0.3 is 0 Å². The van der Waals surface area contributed by atoms with Crippen molar-refractivity contribution in [1.29, 1.82) is 0 Å². The first-order chi connectivity index (χ1) is 5.76. The quantitative estimate of drug-likeness (QED) is 0.687. The molecule has 0 bridgehead atoms. The van der Waals surface area contributed by atoms with Crippen molar-refractivity contribution in [2.24, 2.45) is 0 Å². The van der Waals surface area contributed by atoms with Gasteiger partial charge in [0, 0.05) is 12.6 Å². The van der Waals surface area contributed by atoms with Gasteiger partial charge in [-0.15, -0.1) is 0 Å². The fourth-order valence-corrected chi connectivity index (χ4v) is 0.819. The maximum absolute atomic E-state index is 5.42. The molecule has 0 fully saturated rings. The summed E-state index contributed by atoms with van der Waals surface area (Å²) in [5.74, 6) is 1.37. The second kappa shape index (κ2) is 3.75. The van der Waals surface area contributed by atoms with Crippen LogP contribution in [0.25, 0.3) is 0 Å². The molecule has 1 heterocycles. The standard InChI is InChI=1S/C7H12N4O/c1-3-9-5-4-6(12-2)11-7(8)10-5/h4H,3H2,1-2H3,(H3,8,9,10,11). The third-order valence-electron chi connectivity index (χ3n) is 1.29. The Balaban J connectivity index is 2.90. The molecule has 12 heavy (non-hydrogen) atoms. The van der Waals surface area contributed by atoms with E-state index in [-0.39, 0.29) is 5.95 Å². The largest absolute Gasteiger partial charge is 0.481 e. The number of methoxy groups -OCH3 is 1. The monoisotopic (exact) mass is 168 g/mol. The van der Waals surface area contributed by atoms with Crippen LogP contribution < -0.4 is 15.8 Å². The van der Waals surface area contributed by atoms with Gasteiger partial charge in [0.1, 0.15) is 5.82 Å². The molecule has 0 unspecified atom stereocenters. The lowest BCUT2D eigenvalue weighted by Gasteiger charge is -2.04. The van der Waals surface area contributed by atoms with E-state index in [1.54, 1.807) is 6.07 Å². The average Bonchev–Trinajstić information content (AvgIpc) is 2.04. The van der Waals surface area contributed by atoms with Crippen molar-refractivity contribution >= 4 is 11.8 Å². The third kappa shape index (κ3) is 1.98. The highest BCUT2D eigenvalue weighted by Gasteiger charge is 1.99. The number of nitrogen functional groups attached to an aromatic ring is 1. The van der Waals surface area contributed by atoms with Crippen LogP contribution >= 0.6 is 0 Å². The molecule has 5 heteroatoms. The van der Waals surface area contributed by atoms with Gasteiger partial charge in [0.25, 0.3) is 0 Å². The van der Waals surface area contributed by atoms with Gasteiger partial charge in [-0.2, -0.15) is 9.97 Å². The molecule has 0 spiro atoms. The summed E-state index contributed by atoms with van der Waals surface area (Å²) in [6.07, 6.45) is 0. The van der Waals surface area contributed by atoms with E-state index in [4.69, 9.17) is 10.5 Å². The Morgan fingerprint density at radius 1 is 1.58 bits per heavy atom. The number of ether oxygens (including phenoxy) is 1. The van der Waals surface area contributed by atoms with Gasteiger partial charge in [0.2, 0.25) is 11.8 Å². The Labute approximate surface area is 71.0 Å². The van der Waals surface area contributed by atoms with E-state index >= 15 is 0 Å². The van der Waals surface area contributed by atoms with Crippen LogP contribution in [-0.4, -0.2) is 23.6 Å². The van der Waals surface area contributed by atoms with Crippen molar-refractivity contribution < 1.29 is 4.74 Å². The maximum Gasteiger partial charge on any atom is 0.225 e. The second-order valence-electron chi connectivity index (χ2n) is 2.18. The molecule has 5 nitrogen and oxygen atoms in total. The van der Waals surface area contributed by atoms with Crippen molar-refractivity contribution in [3.63, 3.8) is 0 Å². The molecular weight excluding hydrogens is 156 g/mol. The molecule has 0 saturated heterocycles. The highest BCUT2D eigenvalue weighted by molar-refractivity contribution is 5.42. The number of aromatic nitrogens is 2. The molecule has 0 atom stereocenters.